The summed E-state index contributed by atoms with van der Waals surface area (Å²) < 4.78 is 1.17. The monoisotopic (exact) mass is 202 g/mol. The molecule has 0 N–H and O–H groups in total. The molecule has 1 aromatic rings. The van der Waals surface area contributed by atoms with Crippen LogP contribution in [0.25, 0.3) is 0 Å². The quantitative estimate of drug-likeness (QED) is 0.704. The van der Waals surface area contributed by atoms with Crippen LogP contribution >= 0.6 is 0 Å². The Hall–Kier alpha value is -2.14. The Labute approximate surface area is 87.2 Å². The Balaban J connectivity index is 3.34. The first kappa shape index (κ1) is 10.9. The molecule has 0 spiro atoms. The Morgan fingerprint density at radius 2 is 2.07 bits per heavy atom. The van der Waals surface area contributed by atoms with Crippen molar-refractivity contribution in [2.75, 3.05) is 0 Å². The lowest BCUT2D eigenvalue weighted by molar-refractivity contribution is 0.576. The van der Waals surface area contributed by atoms with E-state index in [9.17, 15) is 4.79 Å². The maximum Gasteiger partial charge on any atom is 0.284 e. The number of hydrogen-bond acceptors (Lipinski definition) is 4. The van der Waals surface area contributed by atoms with E-state index in [1.54, 1.807) is 13.8 Å². The largest absolute Gasteiger partial charge is 0.284 e. The van der Waals surface area contributed by atoms with Crippen LogP contribution in [0.5, 0.6) is 0 Å². The van der Waals surface area contributed by atoms with Crippen molar-refractivity contribution in [2.24, 2.45) is 0 Å². The Bertz CT molecular complexity index is 516. The molecule has 1 aromatic heterocycles. The van der Waals surface area contributed by atoms with Crippen molar-refractivity contribution >= 4 is 0 Å². The molecule has 0 fully saturated rings. The van der Waals surface area contributed by atoms with Crippen LogP contribution in [0.4, 0.5) is 0 Å². The normalized spacial score (nSPS) is 9.33. The zero-order valence-electron chi connectivity index (χ0n) is 8.61. The smallest absolute Gasteiger partial charge is 0.266 e. The molecule has 5 nitrogen and oxygen atoms in total. The van der Waals surface area contributed by atoms with Gasteiger partial charge < -0.3 is 0 Å². The van der Waals surface area contributed by atoms with Crippen molar-refractivity contribution in [1.82, 2.24) is 9.78 Å². The van der Waals surface area contributed by atoms with Gasteiger partial charge in [0.2, 0.25) is 0 Å². The first-order valence-corrected chi connectivity index (χ1v) is 4.47. The molecule has 0 saturated carbocycles. The highest BCUT2D eigenvalue weighted by atomic mass is 16.1. The Morgan fingerprint density at radius 3 is 2.60 bits per heavy atom. The first-order chi connectivity index (χ1) is 7.11. The summed E-state index contributed by atoms with van der Waals surface area (Å²) in [7, 11) is 0. The van der Waals surface area contributed by atoms with Crippen molar-refractivity contribution in [3.8, 4) is 12.1 Å². The van der Waals surface area contributed by atoms with Gasteiger partial charge in [0.15, 0.2) is 0 Å². The minimum Gasteiger partial charge on any atom is -0.266 e. The minimum absolute atomic E-state index is 0.112. The number of aromatic nitrogens is 2. The lowest BCUT2D eigenvalue weighted by atomic mass is 10.1. The molecule has 0 aliphatic carbocycles. The lowest BCUT2D eigenvalue weighted by Crippen LogP contribution is -2.27. The van der Waals surface area contributed by atoms with Crippen LogP contribution in [0.2, 0.25) is 0 Å². The van der Waals surface area contributed by atoms with Gasteiger partial charge in [0.25, 0.3) is 5.56 Å². The van der Waals surface area contributed by atoms with E-state index in [1.165, 1.54) is 4.68 Å². The van der Waals surface area contributed by atoms with E-state index in [2.05, 4.69) is 5.10 Å². The number of nitriles is 2. The fourth-order valence-corrected chi connectivity index (χ4v) is 1.21. The van der Waals surface area contributed by atoms with E-state index in [-0.39, 0.29) is 18.5 Å². The van der Waals surface area contributed by atoms with Gasteiger partial charge in [0, 0.05) is 0 Å². The van der Waals surface area contributed by atoms with Crippen LogP contribution in [0.15, 0.2) is 4.79 Å². The Morgan fingerprint density at radius 1 is 1.40 bits per heavy atom. The molecule has 0 bridgehead atoms. The third-order valence-electron chi connectivity index (χ3n) is 2.18. The highest BCUT2D eigenvalue weighted by molar-refractivity contribution is 5.36. The van der Waals surface area contributed by atoms with Crippen LogP contribution in [-0.2, 0) is 6.54 Å². The highest BCUT2D eigenvalue weighted by Gasteiger charge is 2.10. The summed E-state index contributed by atoms with van der Waals surface area (Å²) in [5, 5.41) is 21.2. The molecule has 15 heavy (non-hydrogen) atoms. The third kappa shape index (κ3) is 2.03. The van der Waals surface area contributed by atoms with Crippen LogP contribution in [0, 0.1) is 36.5 Å². The molecular weight excluding hydrogens is 192 g/mol. The van der Waals surface area contributed by atoms with Crippen LogP contribution in [0.3, 0.4) is 0 Å². The standard InChI is InChI=1S/C10H10N4O/c1-7-8(2)13-14(5-3-4-11)10(15)9(7)6-12/h3,5H2,1-2H3. The predicted octanol–water partition coefficient (Wildman–Crippen LogP) is 0.645. The summed E-state index contributed by atoms with van der Waals surface area (Å²) >= 11 is 0. The second-order valence-corrected chi connectivity index (χ2v) is 3.13. The van der Waals surface area contributed by atoms with E-state index in [1.807, 2.05) is 12.1 Å². The molecule has 0 saturated heterocycles. The predicted molar refractivity (Wildman–Crippen MR) is 52.9 cm³/mol. The summed E-state index contributed by atoms with van der Waals surface area (Å²) in [4.78, 5) is 11.6. The van der Waals surface area contributed by atoms with Crippen molar-refractivity contribution in [3.63, 3.8) is 0 Å². The molecular formula is C10H10N4O. The summed E-state index contributed by atoms with van der Waals surface area (Å²) in [5.74, 6) is 0. The third-order valence-corrected chi connectivity index (χ3v) is 2.18. The van der Waals surface area contributed by atoms with Crippen molar-refractivity contribution in [2.45, 2.75) is 26.8 Å². The molecule has 0 radical (unpaired) electrons. The molecule has 0 unspecified atom stereocenters. The molecule has 0 aliphatic rings. The SMILES string of the molecule is Cc1nn(CCC#N)c(=O)c(C#N)c1C. The van der Waals surface area contributed by atoms with Crippen molar-refractivity contribution in [1.29, 1.82) is 10.5 Å². The van der Waals surface area contributed by atoms with Gasteiger partial charge in [-0.15, -0.1) is 0 Å². The van der Waals surface area contributed by atoms with Crippen molar-refractivity contribution in [3.05, 3.63) is 27.2 Å². The molecule has 0 atom stereocenters. The molecule has 0 aromatic carbocycles. The van der Waals surface area contributed by atoms with E-state index in [4.69, 9.17) is 10.5 Å². The molecule has 0 aliphatic heterocycles. The summed E-state index contributed by atoms with van der Waals surface area (Å²) in [6.07, 6.45) is 0.209. The van der Waals surface area contributed by atoms with Gasteiger partial charge in [-0.05, 0) is 19.4 Å². The van der Waals surface area contributed by atoms with Crippen LogP contribution < -0.4 is 5.56 Å². The number of rotatable bonds is 2. The molecule has 0 amide bonds. The molecule has 1 heterocycles. The topological polar surface area (TPSA) is 82.5 Å². The molecule has 76 valence electrons. The Kier molecular flexibility index (Phi) is 3.20. The van der Waals surface area contributed by atoms with E-state index in [0.717, 1.165) is 0 Å². The first-order valence-electron chi connectivity index (χ1n) is 4.47. The van der Waals surface area contributed by atoms with E-state index in [0.29, 0.717) is 11.3 Å². The maximum atomic E-state index is 11.6. The number of aryl methyl sites for hydroxylation is 2. The van der Waals surface area contributed by atoms with Crippen LogP contribution in [0.1, 0.15) is 23.2 Å². The van der Waals surface area contributed by atoms with Gasteiger partial charge in [0.1, 0.15) is 11.6 Å². The number of hydrogen-bond donors (Lipinski definition) is 0. The second kappa shape index (κ2) is 4.39. The molecule has 5 heteroatoms. The lowest BCUT2D eigenvalue weighted by Gasteiger charge is -2.06. The summed E-state index contributed by atoms with van der Waals surface area (Å²) in [6, 6.07) is 3.80. The van der Waals surface area contributed by atoms with Crippen molar-refractivity contribution < 1.29 is 0 Å². The second-order valence-electron chi connectivity index (χ2n) is 3.13. The average Bonchev–Trinajstić information content (AvgIpc) is 2.22. The minimum atomic E-state index is -0.421. The van der Waals surface area contributed by atoms with E-state index >= 15 is 0 Å². The zero-order valence-corrected chi connectivity index (χ0v) is 8.61. The van der Waals surface area contributed by atoms with Gasteiger partial charge >= 0.3 is 0 Å². The number of nitrogens with zero attached hydrogens (tertiary/aromatic N) is 4. The van der Waals surface area contributed by atoms with Crippen LogP contribution in [-0.4, -0.2) is 9.78 Å². The van der Waals surface area contributed by atoms with E-state index < -0.39 is 5.56 Å². The van der Waals surface area contributed by atoms with Gasteiger partial charge in [-0.25, -0.2) is 4.68 Å². The zero-order chi connectivity index (χ0) is 11.4. The van der Waals surface area contributed by atoms with Gasteiger partial charge in [0.05, 0.1) is 24.7 Å². The fraction of sp³-hybridized carbons (Fsp3) is 0.400. The van der Waals surface area contributed by atoms with Gasteiger partial charge in [-0.2, -0.15) is 15.6 Å². The summed E-state index contributed by atoms with van der Waals surface area (Å²) in [5.41, 5.74) is 0.941. The molecule has 1 rings (SSSR count). The average molecular weight is 202 g/mol. The van der Waals surface area contributed by atoms with Gasteiger partial charge in [-0.3, -0.25) is 4.79 Å². The summed E-state index contributed by atoms with van der Waals surface area (Å²) in [6.45, 7) is 3.65. The maximum absolute atomic E-state index is 11.6. The highest BCUT2D eigenvalue weighted by Crippen LogP contribution is 2.04. The fourth-order valence-electron chi connectivity index (χ4n) is 1.21. The van der Waals surface area contributed by atoms with Gasteiger partial charge in [-0.1, -0.05) is 0 Å².